The summed E-state index contributed by atoms with van der Waals surface area (Å²) in [6.45, 7) is 1.57. The Kier molecular flexibility index (Phi) is 3.82. The van der Waals surface area contributed by atoms with E-state index >= 15 is 0 Å². The van der Waals surface area contributed by atoms with E-state index in [1.807, 2.05) is 16.3 Å². The van der Waals surface area contributed by atoms with Crippen molar-refractivity contribution in [1.29, 1.82) is 0 Å². The first kappa shape index (κ1) is 12.2. The van der Waals surface area contributed by atoms with Crippen molar-refractivity contribution in [3.05, 3.63) is 21.9 Å². The van der Waals surface area contributed by atoms with E-state index in [4.69, 9.17) is 6.42 Å². The van der Waals surface area contributed by atoms with E-state index < -0.39 is 12.0 Å². The highest BCUT2D eigenvalue weighted by Crippen LogP contribution is 2.33. The lowest BCUT2D eigenvalue weighted by atomic mass is 10.00. The summed E-state index contributed by atoms with van der Waals surface area (Å²) in [6.07, 6.45) is 7.74. The minimum atomic E-state index is -0.759. The summed E-state index contributed by atoms with van der Waals surface area (Å²) in [5, 5.41) is 11.3. The topological polar surface area (TPSA) is 40.5 Å². The Balaban J connectivity index is 2.13. The molecular formula is C13H15NO2S. The number of nitrogens with zero attached hydrogens (tertiary/aromatic N) is 1. The van der Waals surface area contributed by atoms with Gasteiger partial charge in [0.1, 0.15) is 6.04 Å². The van der Waals surface area contributed by atoms with Crippen LogP contribution in [0.2, 0.25) is 0 Å². The molecule has 4 heteroatoms. The summed E-state index contributed by atoms with van der Waals surface area (Å²) >= 11 is 1.65. The van der Waals surface area contributed by atoms with Crippen LogP contribution < -0.4 is 0 Å². The molecule has 0 bridgehead atoms. The average molecular weight is 249 g/mol. The standard InChI is InChI=1S/C13H15NO2S/c1-2-3-4-7-14-8-5-11-10(6-9-17-11)12(14)13(15)16/h1,6,9,12H,3-5,7-8H2,(H,15,16). The van der Waals surface area contributed by atoms with Crippen molar-refractivity contribution in [3.8, 4) is 12.3 Å². The zero-order valence-electron chi connectivity index (χ0n) is 9.56. The summed E-state index contributed by atoms with van der Waals surface area (Å²) < 4.78 is 0. The highest BCUT2D eigenvalue weighted by molar-refractivity contribution is 7.10. The minimum Gasteiger partial charge on any atom is -0.480 e. The Labute approximate surface area is 105 Å². The maximum absolute atomic E-state index is 11.4. The molecule has 0 aliphatic carbocycles. The zero-order valence-corrected chi connectivity index (χ0v) is 10.4. The van der Waals surface area contributed by atoms with Gasteiger partial charge in [0.15, 0.2) is 0 Å². The Morgan fingerprint density at radius 2 is 2.53 bits per heavy atom. The second-order valence-electron chi connectivity index (χ2n) is 4.13. The van der Waals surface area contributed by atoms with E-state index in [9.17, 15) is 9.90 Å². The van der Waals surface area contributed by atoms with E-state index in [-0.39, 0.29) is 0 Å². The van der Waals surface area contributed by atoms with Gasteiger partial charge in [0.25, 0.3) is 0 Å². The van der Waals surface area contributed by atoms with Crippen LogP contribution in [0.15, 0.2) is 11.4 Å². The van der Waals surface area contributed by atoms with Crippen LogP contribution in [0.4, 0.5) is 0 Å². The number of terminal acetylenes is 1. The number of thiophene rings is 1. The molecule has 2 rings (SSSR count). The van der Waals surface area contributed by atoms with Crippen LogP contribution in [0.25, 0.3) is 0 Å². The van der Waals surface area contributed by atoms with Crippen molar-refractivity contribution in [2.24, 2.45) is 0 Å². The number of aliphatic carboxylic acids is 1. The van der Waals surface area contributed by atoms with Crippen LogP contribution in [0, 0.1) is 12.3 Å². The molecule has 17 heavy (non-hydrogen) atoms. The fourth-order valence-electron chi connectivity index (χ4n) is 2.28. The number of hydrogen-bond donors (Lipinski definition) is 1. The van der Waals surface area contributed by atoms with Crippen LogP contribution in [-0.2, 0) is 11.2 Å². The molecule has 0 aromatic carbocycles. The summed E-state index contributed by atoms with van der Waals surface area (Å²) in [5.41, 5.74) is 0.967. The molecule has 90 valence electrons. The molecule has 2 heterocycles. The average Bonchev–Trinajstić information content (AvgIpc) is 2.76. The lowest BCUT2D eigenvalue weighted by molar-refractivity contribution is -0.144. The van der Waals surface area contributed by atoms with Gasteiger partial charge in [0, 0.05) is 24.4 Å². The summed E-state index contributed by atoms with van der Waals surface area (Å²) in [5.74, 6) is 1.83. The van der Waals surface area contributed by atoms with Crippen LogP contribution >= 0.6 is 11.3 Å². The number of carboxylic acids is 1. The lowest BCUT2D eigenvalue weighted by Crippen LogP contribution is -2.39. The summed E-state index contributed by atoms with van der Waals surface area (Å²) in [7, 11) is 0. The summed E-state index contributed by atoms with van der Waals surface area (Å²) in [4.78, 5) is 14.6. The molecule has 0 fully saturated rings. The molecule has 0 saturated heterocycles. The number of hydrogen-bond acceptors (Lipinski definition) is 3. The highest BCUT2D eigenvalue weighted by atomic mass is 32.1. The van der Waals surface area contributed by atoms with E-state index in [0.29, 0.717) is 6.42 Å². The molecule has 1 unspecified atom stereocenters. The van der Waals surface area contributed by atoms with Crippen molar-refractivity contribution in [1.82, 2.24) is 4.90 Å². The molecule has 1 aromatic heterocycles. The smallest absolute Gasteiger partial charge is 0.325 e. The van der Waals surface area contributed by atoms with E-state index in [1.165, 1.54) is 4.88 Å². The predicted molar refractivity (Wildman–Crippen MR) is 68.0 cm³/mol. The van der Waals surface area contributed by atoms with Crippen LogP contribution in [0.5, 0.6) is 0 Å². The van der Waals surface area contributed by atoms with Gasteiger partial charge in [0.05, 0.1) is 0 Å². The Morgan fingerprint density at radius 1 is 1.71 bits per heavy atom. The lowest BCUT2D eigenvalue weighted by Gasteiger charge is -2.32. The minimum absolute atomic E-state index is 0.484. The molecule has 0 saturated carbocycles. The molecule has 3 nitrogen and oxygen atoms in total. The fourth-order valence-corrected chi connectivity index (χ4v) is 3.19. The summed E-state index contributed by atoms with van der Waals surface area (Å²) in [6, 6.07) is 1.45. The number of rotatable bonds is 4. The highest BCUT2D eigenvalue weighted by Gasteiger charge is 2.32. The maximum atomic E-state index is 11.4. The van der Waals surface area contributed by atoms with Gasteiger partial charge in [-0.2, -0.15) is 0 Å². The Bertz CT molecular complexity index is 447. The third kappa shape index (κ3) is 2.51. The van der Waals surface area contributed by atoms with Gasteiger partial charge >= 0.3 is 5.97 Å². The SMILES string of the molecule is C#CCCCN1CCc2sccc2C1C(=O)O. The van der Waals surface area contributed by atoms with Crippen LogP contribution in [0.1, 0.15) is 29.3 Å². The van der Waals surface area contributed by atoms with Crippen molar-refractivity contribution in [2.45, 2.75) is 25.3 Å². The van der Waals surface area contributed by atoms with Gasteiger partial charge in [-0.3, -0.25) is 9.69 Å². The molecule has 0 radical (unpaired) electrons. The van der Waals surface area contributed by atoms with Gasteiger partial charge in [-0.25, -0.2) is 0 Å². The van der Waals surface area contributed by atoms with Crippen molar-refractivity contribution in [2.75, 3.05) is 13.1 Å². The first-order chi connectivity index (χ1) is 8.24. The number of carboxylic acid groups (broad SMARTS) is 1. The fraction of sp³-hybridized carbons (Fsp3) is 0.462. The van der Waals surface area contributed by atoms with Gasteiger partial charge < -0.3 is 5.11 Å². The normalized spacial score (nSPS) is 19.6. The Hall–Kier alpha value is -1.31. The molecular weight excluding hydrogens is 234 g/mol. The van der Waals surface area contributed by atoms with Crippen molar-refractivity contribution < 1.29 is 9.90 Å². The van der Waals surface area contributed by atoms with E-state index in [1.54, 1.807) is 11.3 Å². The van der Waals surface area contributed by atoms with Gasteiger partial charge in [-0.15, -0.1) is 23.7 Å². The van der Waals surface area contributed by atoms with Gasteiger partial charge in [-0.1, -0.05) is 0 Å². The Morgan fingerprint density at radius 3 is 3.24 bits per heavy atom. The van der Waals surface area contributed by atoms with Gasteiger partial charge in [0.2, 0.25) is 0 Å². The third-order valence-electron chi connectivity index (χ3n) is 3.07. The maximum Gasteiger partial charge on any atom is 0.325 e. The van der Waals surface area contributed by atoms with Crippen LogP contribution in [0.3, 0.4) is 0 Å². The second-order valence-corrected chi connectivity index (χ2v) is 5.13. The quantitative estimate of drug-likeness (QED) is 0.656. The van der Waals surface area contributed by atoms with Crippen molar-refractivity contribution >= 4 is 17.3 Å². The number of carbonyl (C=O) groups is 1. The molecule has 1 aliphatic rings. The van der Waals surface area contributed by atoms with Crippen LogP contribution in [-0.4, -0.2) is 29.1 Å². The molecule has 0 amide bonds. The second kappa shape index (κ2) is 5.35. The largest absolute Gasteiger partial charge is 0.480 e. The molecule has 1 atom stereocenters. The monoisotopic (exact) mass is 249 g/mol. The third-order valence-corrected chi connectivity index (χ3v) is 4.06. The van der Waals surface area contributed by atoms with E-state index in [2.05, 4.69) is 5.92 Å². The van der Waals surface area contributed by atoms with Crippen molar-refractivity contribution in [3.63, 3.8) is 0 Å². The molecule has 1 aromatic rings. The molecule has 1 N–H and O–H groups in total. The first-order valence-electron chi connectivity index (χ1n) is 5.70. The zero-order chi connectivity index (χ0) is 12.3. The number of fused-ring (bicyclic) bond motifs is 1. The number of unbranched alkanes of at least 4 members (excludes halogenated alkanes) is 1. The van der Waals surface area contributed by atoms with Gasteiger partial charge in [-0.05, 0) is 29.9 Å². The molecule has 1 aliphatic heterocycles. The molecule has 0 spiro atoms. The van der Waals surface area contributed by atoms with E-state index in [0.717, 1.165) is 31.5 Å². The predicted octanol–water partition coefficient (Wildman–Crippen LogP) is 2.15. The first-order valence-corrected chi connectivity index (χ1v) is 6.58.